The largest absolute Gasteiger partial charge is 0.343 e. The zero-order chi connectivity index (χ0) is 17.8. The van der Waals surface area contributed by atoms with Crippen LogP contribution in [0.5, 0.6) is 0 Å². The molecular weight excluding hydrogens is 344 g/mol. The Kier molecular flexibility index (Phi) is 5.37. The van der Waals surface area contributed by atoms with E-state index in [0.717, 1.165) is 44.1 Å². The lowest BCUT2D eigenvalue weighted by Crippen LogP contribution is -2.37. The van der Waals surface area contributed by atoms with E-state index in [-0.39, 0.29) is 28.5 Å². The van der Waals surface area contributed by atoms with E-state index in [1.165, 1.54) is 12.1 Å². The Bertz CT molecular complexity index is 680. The molecule has 0 unspecified atom stereocenters. The number of hydroxylamine groups is 2. The van der Waals surface area contributed by atoms with E-state index in [1.807, 2.05) is 0 Å². The summed E-state index contributed by atoms with van der Waals surface area (Å²) in [6.07, 6.45) is 3.17. The van der Waals surface area contributed by atoms with Crippen LogP contribution in [0.1, 0.15) is 40.0 Å². The van der Waals surface area contributed by atoms with E-state index >= 15 is 0 Å². The van der Waals surface area contributed by atoms with Gasteiger partial charge in [-0.05, 0) is 31.4 Å². The molecular formula is C17H18N2O5S. The van der Waals surface area contributed by atoms with Gasteiger partial charge in [0.25, 0.3) is 11.8 Å². The van der Waals surface area contributed by atoms with Crippen molar-refractivity contribution in [2.24, 2.45) is 0 Å². The molecule has 2 aliphatic heterocycles. The van der Waals surface area contributed by atoms with Crippen LogP contribution in [0.3, 0.4) is 0 Å². The van der Waals surface area contributed by atoms with E-state index in [9.17, 15) is 19.2 Å². The van der Waals surface area contributed by atoms with Gasteiger partial charge in [0.15, 0.2) is 0 Å². The van der Waals surface area contributed by atoms with Crippen molar-refractivity contribution in [1.29, 1.82) is 0 Å². The molecule has 25 heavy (non-hydrogen) atoms. The summed E-state index contributed by atoms with van der Waals surface area (Å²) in [5.74, 6) is -1.96. The van der Waals surface area contributed by atoms with Crippen LogP contribution in [0, 0.1) is 0 Å². The van der Waals surface area contributed by atoms with Gasteiger partial charge in [-0.1, -0.05) is 17.2 Å². The van der Waals surface area contributed by atoms with Crippen molar-refractivity contribution in [2.45, 2.75) is 19.3 Å². The number of thioether (sulfide) groups is 1. The average Bonchev–Trinajstić information content (AvgIpc) is 2.88. The van der Waals surface area contributed by atoms with Gasteiger partial charge in [-0.3, -0.25) is 14.4 Å². The van der Waals surface area contributed by atoms with Crippen LogP contribution < -0.4 is 0 Å². The van der Waals surface area contributed by atoms with Crippen LogP contribution in [0.15, 0.2) is 24.3 Å². The van der Waals surface area contributed by atoms with E-state index in [4.69, 9.17) is 4.84 Å². The third-order valence-corrected chi connectivity index (χ3v) is 5.00. The summed E-state index contributed by atoms with van der Waals surface area (Å²) in [5, 5.41) is 0.486. The van der Waals surface area contributed by atoms with Crippen molar-refractivity contribution in [3.8, 4) is 0 Å². The Balaban J connectivity index is 1.46. The molecule has 0 aliphatic carbocycles. The SMILES string of the molecule is O=C(CSCC(=O)N1CCCCC1)ON1C(=O)c2ccccc2C1=O. The second-order valence-corrected chi connectivity index (χ2v) is 6.83. The first-order valence-electron chi connectivity index (χ1n) is 8.12. The van der Waals surface area contributed by atoms with Crippen molar-refractivity contribution in [3.63, 3.8) is 0 Å². The van der Waals surface area contributed by atoms with Crippen molar-refractivity contribution >= 4 is 35.5 Å². The van der Waals surface area contributed by atoms with Crippen molar-refractivity contribution in [1.82, 2.24) is 9.96 Å². The number of piperidine rings is 1. The first-order chi connectivity index (χ1) is 12.1. The highest BCUT2D eigenvalue weighted by molar-refractivity contribution is 8.00. The monoisotopic (exact) mass is 362 g/mol. The van der Waals surface area contributed by atoms with Gasteiger partial charge < -0.3 is 9.74 Å². The summed E-state index contributed by atoms with van der Waals surface area (Å²) in [4.78, 5) is 54.8. The topological polar surface area (TPSA) is 84.0 Å². The zero-order valence-electron chi connectivity index (χ0n) is 13.6. The Morgan fingerprint density at radius 2 is 1.56 bits per heavy atom. The lowest BCUT2D eigenvalue weighted by molar-refractivity contribution is -0.165. The fourth-order valence-corrected chi connectivity index (χ4v) is 3.51. The molecule has 8 heteroatoms. The molecule has 0 radical (unpaired) electrons. The van der Waals surface area contributed by atoms with E-state index in [1.54, 1.807) is 17.0 Å². The Labute approximate surface area is 149 Å². The highest BCUT2D eigenvalue weighted by Crippen LogP contribution is 2.23. The van der Waals surface area contributed by atoms with Gasteiger partial charge >= 0.3 is 5.97 Å². The molecule has 2 heterocycles. The van der Waals surface area contributed by atoms with Crippen molar-refractivity contribution in [3.05, 3.63) is 35.4 Å². The summed E-state index contributed by atoms with van der Waals surface area (Å²) in [6, 6.07) is 6.29. The molecule has 0 atom stereocenters. The quantitative estimate of drug-likeness (QED) is 0.738. The van der Waals surface area contributed by atoms with Gasteiger partial charge in [-0.2, -0.15) is 0 Å². The number of fused-ring (bicyclic) bond motifs is 1. The van der Waals surface area contributed by atoms with Gasteiger partial charge in [0.2, 0.25) is 5.91 Å². The maximum Gasteiger partial charge on any atom is 0.343 e. The number of nitrogens with zero attached hydrogens (tertiary/aromatic N) is 2. The molecule has 1 fully saturated rings. The summed E-state index contributed by atoms with van der Waals surface area (Å²) < 4.78 is 0. The predicted octanol–water partition coefficient (Wildman–Crippen LogP) is 1.49. The lowest BCUT2D eigenvalue weighted by Gasteiger charge is -2.26. The van der Waals surface area contributed by atoms with Gasteiger partial charge in [0, 0.05) is 13.1 Å². The minimum atomic E-state index is -0.731. The number of rotatable bonds is 5. The fourth-order valence-electron chi connectivity index (χ4n) is 2.83. The molecule has 3 amide bonds. The van der Waals surface area contributed by atoms with Gasteiger partial charge in [0.1, 0.15) is 0 Å². The third kappa shape index (κ3) is 3.84. The molecule has 3 rings (SSSR count). The standard InChI is InChI=1S/C17H18N2O5S/c20-14(18-8-4-1-5-9-18)10-25-11-15(21)24-19-16(22)12-6-2-3-7-13(12)17(19)23/h2-3,6-7H,1,4-5,8-11H2. The summed E-state index contributed by atoms with van der Waals surface area (Å²) in [5.41, 5.74) is 0.432. The molecule has 132 valence electrons. The first kappa shape index (κ1) is 17.5. The summed E-state index contributed by atoms with van der Waals surface area (Å²) >= 11 is 1.12. The minimum Gasteiger partial charge on any atom is -0.342 e. The van der Waals surface area contributed by atoms with Crippen LogP contribution >= 0.6 is 11.8 Å². The molecule has 1 aromatic carbocycles. The molecule has 0 bridgehead atoms. The molecule has 1 aromatic rings. The second-order valence-electron chi connectivity index (χ2n) is 5.85. The maximum atomic E-state index is 12.1. The predicted molar refractivity (Wildman–Crippen MR) is 90.8 cm³/mol. The first-order valence-corrected chi connectivity index (χ1v) is 9.27. The van der Waals surface area contributed by atoms with Crippen molar-refractivity contribution in [2.75, 3.05) is 24.6 Å². The minimum absolute atomic E-state index is 0.00164. The van der Waals surface area contributed by atoms with Gasteiger partial charge in [-0.25, -0.2) is 4.79 Å². The molecule has 0 N–H and O–H groups in total. The van der Waals surface area contributed by atoms with E-state index in [0.29, 0.717) is 5.06 Å². The number of hydrogen-bond donors (Lipinski definition) is 0. The smallest absolute Gasteiger partial charge is 0.342 e. The fraction of sp³-hybridized carbons (Fsp3) is 0.412. The number of imide groups is 1. The Morgan fingerprint density at radius 1 is 0.960 bits per heavy atom. The molecule has 0 aromatic heterocycles. The third-order valence-electron chi connectivity index (χ3n) is 4.10. The number of carbonyl (C=O) groups excluding carboxylic acids is 4. The number of benzene rings is 1. The van der Waals surface area contributed by atoms with Gasteiger partial charge in [0.05, 0.1) is 22.6 Å². The van der Waals surface area contributed by atoms with Crippen LogP contribution in [-0.2, 0) is 14.4 Å². The number of likely N-dealkylation sites (tertiary alicyclic amines) is 1. The number of carbonyl (C=O) groups is 4. The number of hydrogen-bond acceptors (Lipinski definition) is 6. The molecule has 0 spiro atoms. The second kappa shape index (κ2) is 7.69. The number of amides is 3. The maximum absolute atomic E-state index is 12.1. The summed E-state index contributed by atoms with van der Waals surface area (Å²) in [7, 11) is 0. The van der Waals surface area contributed by atoms with Gasteiger partial charge in [-0.15, -0.1) is 11.8 Å². The van der Waals surface area contributed by atoms with Crippen LogP contribution in [0.2, 0.25) is 0 Å². The van der Waals surface area contributed by atoms with Crippen molar-refractivity contribution < 1.29 is 24.0 Å². The van der Waals surface area contributed by atoms with Crippen LogP contribution in [0.4, 0.5) is 0 Å². The normalized spacial score (nSPS) is 16.8. The van der Waals surface area contributed by atoms with Crippen LogP contribution in [-0.4, -0.2) is 58.2 Å². The molecule has 1 saturated heterocycles. The molecule has 0 saturated carbocycles. The highest BCUT2D eigenvalue weighted by atomic mass is 32.2. The molecule has 7 nitrogen and oxygen atoms in total. The highest BCUT2D eigenvalue weighted by Gasteiger charge is 2.38. The average molecular weight is 362 g/mol. The Morgan fingerprint density at radius 3 is 2.16 bits per heavy atom. The summed E-state index contributed by atoms with van der Waals surface area (Å²) in [6.45, 7) is 1.53. The zero-order valence-corrected chi connectivity index (χ0v) is 14.4. The lowest BCUT2D eigenvalue weighted by atomic mass is 10.1. The van der Waals surface area contributed by atoms with Crippen LogP contribution in [0.25, 0.3) is 0 Å². The van der Waals surface area contributed by atoms with E-state index < -0.39 is 17.8 Å². The molecule has 2 aliphatic rings. The van der Waals surface area contributed by atoms with E-state index in [2.05, 4.69) is 0 Å². The Hall–Kier alpha value is -2.35.